The number of hydrogen-bond donors (Lipinski definition) is 2. The fraction of sp³-hybridized carbons (Fsp3) is 0.143. The van der Waals surface area contributed by atoms with Gasteiger partial charge in [-0.3, -0.25) is 9.78 Å². The van der Waals surface area contributed by atoms with Gasteiger partial charge in [-0.2, -0.15) is 0 Å². The van der Waals surface area contributed by atoms with Gasteiger partial charge in [0.25, 0.3) is 5.91 Å². The number of ether oxygens (including phenoxy) is 1. The van der Waals surface area contributed by atoms with Crippen molar-refractivity contribution in [1.82, 2.24) is 4.98 Å². The van der Waals surface area contributed by atoms with Crippen LogP contribution in [-0.4, -0.2) is 24.0 Å². The van der Waals surface area contributed by atoms with Gasteiger partial charge in [0.1, 0.15) is 6.61 Å². The number of carbonyl (C=O) groups excluding carboxylic acids is 1. The van der Waals surface area contributed by atoms with E-state index in [4.69, 9.17) is 4.74 Å². The van der Waals surface area contributed by atoms with Crippen LogP contribution in [0.3, 0.4) is 0 Å². The molecule has 5 nitrogen and oxygen atoms in total. The Morgan fingerprint density at radius 1 is 1.40 bits per heavy atom. The van der Waals surface area contributed by atoms with Crippen LogP contribution in [0.5, 0.6) is 5.75 Å². The minimum absolute atomic E-state index is 0.0892. The van der Waals surface area contributed by atoms with Crippen LogP contribution in [0.25, 0.3) is 0 Å². The molecule has 1 aromatic carbocycles. The quantitative estimate of drug-likeness (QED) is 0.881. The molecule has 1 aromatic heterocycles. The van der Waals surface area contributed by atoms with Gasteiger partial charge in [0.2, 0.25) is 0 Å². The Morgan fingerprint density at radius 3 is 3.15 bits per heavy atom. The van der Waals surface area contributed by atoms with E-state index in [1.165, 1.54) is 12.3 Å². The summed E-state index contributed by atoms with van der Waals surface area (Å²) in [6, 6.07) is 6.62. The predicted molar refractivity (Wildman–Crippen MR) is 72.6 cm³/mol. The Bertz CT molecular complexity index is 661. The van der Waals surface area contributed by atoms with Crippen molar-refractivity contribution in [1.29, 1.82) is 0 Å². The second-order valence-corrected chi connectivity index (χ2v) is 4.27. The molecule has 0 unspecified atom stereocenters. The van der Waals surface area contributed by atoms with Crippen molar-refractivity contribution in [3.8, 4) is 5.75 Å². The summed E-state index contributed by atoms with van der Waals surface area (Å²) in [4.78, 5) is 15.9. The lowest BCUT2D eigenvalue weighted by Crippen LogP contribution is -2.22. The van der Waals surface area contributed by atoms with Crippen molar-refractivity contribution < 1.29 is 13.9 Å². The van der Waals surface area contributed by atoms with Crippen LogP contribution in [0.15, 0.2) is 36.7 Å². The molecule has 0 saturated carbocycles. The fourth-order valence-corrected chi connectivity index (χ4v) is 2.02. The van der Waals surface area contributed by atoms with E-state index in [1.54, 1.807) is 12.1 Å². The van der Waals surface area contributed by atoms with Crippen LogP contribution in [0.2, 0.25) is 0 Å². The van der Waals surface area contributed by atoms with E-state index in [0.717, 1.165) is 11.9 Å². The lowest BCUT2D eigenvalue weighted by Gasteiger charge is -2.21. The minimum Gasteiger partial charge on any atom is -0.489 e. The molecule has 2 heterocycles. The van der Waals surface area contributed by atoms with Crippen LogP contribution in [0.4, 0.5) is 15.8 Å². The maximum absolute atomic E-state index is 13.5. The molecular formula is C14H12FN3O2. The zero-order valence-electron chi connectivity index (χ0n) is 10.5. The third kappa shape index (κ3) is 2.27. The van der Waals surface area contributed by atoms with E-state index < -0.39 is 11.7 Å². The molecule has 1 amide bonds. The van der Waals surface area contributed by atoms with Crippen molar-refractivity contribution in [2.45, 2.75) is 0 Å². The van der Waals surface area contributed by atoms with Gasteiger partial charge in [-0.25, -0.2) is 4.39 Å². The highest BCUT2D eigenvalue weighted by molar-refractivity contribution is 6.07. The number of amides is 1. The van der Waals surface area contributed by atoms with Crippen LogP contribution in [-0.2, 0) is 0 Å². The largest absolute Gasteiger partial charge is 0.489 e. The molecule has 2 N–H and O–H groups in total. The number of nitrogens with zero attached hydrogens (tertiary/aromatic N) is 1. The van der Waals surface area contributed by atoms with Crippen LogP contribution in [0.1, 0.15) is 10.4 Å². The number of halogens is 1. The monoisotopic (exact) mass is 273 g/mol. The molecule has 1 aliphatic rings. The SMILES string of the molecule is O=C(Nc1ccncc1F)c1cccc2c1OCCN2. The number of nitrogens with one attached hydrogen (secondary N) is 2. The van der Waals surface area contributed by atoms with Gasteiger partial charge in [0.15, 0.2) is 11.6 Å². The van der Waals surface area contributed by atoms with Gasteiger partial charge in [-0.15, -0.1) is 0 Å². The molecule has 102 valence electrons. The van der Waals surface area contributed by atoms with Gasteiger partial charge in [0, 0.05) is 12.7 Å². The third-order valence-corrected chi connectivity index (χ3v) is 2.94. The molecule has 0 bridgehead atoms. The summed E-state index contributed by atoms with van der Waals surface area (Å²) in [6.07, 6.45) is 2.46. The maximum Gasteiger partial charge on any atom is 0.259 e. The molecule has 1 aliphatic heterocycles. The smallest absolute Gasteiger partial charge is 0.259 e. The number of fused-ring (bicyclic) bond motifs is 1. The molecule has 0 spiro atoms. The molecule has 0 fully saturated rings. The molecule has 0 radical (unpaired) electrons. The molecule has 0 atom stereocenters. The van der Waals surface area contributed by atoms with Crippen molar-refractivity contribution in [2.75, 3.05) is 23.8 Å². The summed E-state index contributed by atoms with van der Waals surface area (Å²) < 4.78 is 19.0. The Kier molecular flexibility index (Phi) is 3.20. The van der Waals surface area contributed by atoms with E-state index >= 15 is 0 Å². The number of aromatic nitrogens is 1. The number of pyridine rings is 1. The van der Waals surface area contributed by atoms with E-state index in [1.807, 2.05) is 6.07 Å². The van der Waals surface area contributed by atoms with Gasteiger partial charge in [-0.05, 0) is 18.2 Å². The summed E-state index contributed by atoms with van der Waals surface area (Å²) >= 11 is 0. The highest BCUT2D eigenvalue weighted by Gasteiger charge is 2.19. The highest BCUT2D eigenvalue weighted by atomic mass is 19.1. The number of benzene rings is 1. The summed E-state index contributed by atoms with van der Waals surface area (Å²) in [7, 11) is 0. The van der Waals surface area contributed by atoms with Gasteiger partial charge >= 0.3 is 0 Å². The number of carbonyl (C=O) groups is 1. The second-order valence-electron chi connectivity index (χ2n) is 4.27. The molecule has 0 aliphatic carbocycles. The standard InChI is InChI=1S/C14H12FN3O2/c15-10-8-16-5-4-11(10)18-14(19)9-2-1-3-12-13(9)20-7-6-17-12/h1-5,8,17H,6-7H2,(H,16,18,19). The predicted octanol–water partition coefficient (Wildman–Crippen LogP) is 2.28. The zero-order valence-corrected chi connectivity index (χ0v) is 10.5. The first-order chi connectivity index (χ1) is 9.75. The van der Waals surface area contributed by atoms with Gasteiger partial charge < -0.3 is 15.4 Å². The second kappa shape index (κ2) is 5.16. The zero-order chi connectivity index (χ0) is 13.9. The van der Waals surface area contributed by atoms with E-state index in [2.05, 4.69) is 15.6 Å². The molecule has 6 heteroatoms. The van der Waals surface area contributed by atoms with Crippen LogP contribution in [0, 0.1) is 5.82 Å². The first kappa shape index (κ1) is 12.4. The van der Waals surface area contributed by atoms with E-state index in [9.17, 15) is 9.18 Å². The third-order valence-electron chi connectivity index (χ3n) is 2.94. The van der Waals surface area contributed by atoms with Crippen molar-refractivity contribution >= 4 is 17.3 Å². The highest BCUT2D eigenvalue weighted by Crippen LogP contribution is 2.31. The van der Waals surface area contributed by atoms with Crippen molar-refractivity contribution in [3.63, 3.8) is 0 Å². The first-order valence-corrected chi connectivity index (χ1v) is 6.16. The average molecular weight is 273 g/mol. The van der Waals surface area contributed by atoms with Crippen molar-refractivity contribution in [2.24, 2.45) is 0 Å². The minimum atomic E-state index is -0.579. The van der Waals surface area contributed by atoms with E-state index in [0.29, 0.717) is 24.5 Å². The molecule has 0 saturated heterocycles. The first-order valence-electron chi connectivity index (χ1n) is 6.16. The molecular weight excluding hydrogens is 261 g/mol. The Morgan fingerprint density at radius 2 is 2.30 bits per heavy atom. The summed E-state index contributed by atoms with van der Waals surface area (Å²) in [5, 5.41) is 5.66. The Balaban J connectivity index is 1.90. The molecule has 3 rings (SSSR count). The van der Waals surface area contributed by atoms with Crippen LogP contribution >= 0.6 is 0 Å². The fourth-order valence-electron chi connectivity index (χ4n) is 2.02. The number of hydrogen-bond acceptors (Lipinski definition) is 4. The topological polar surface area (TPSA) is 63.2 Å². The number of anilines is 2. The summed E-state index contributed by atoms with van der Waals surface area (Å²) in [6.45, 7) is 1.18. The van der Waals surface area contributed by atoms with Gasteiger partial charge in [0.05, 0.1) is 23.1 Å². The normalized spacial score (nSPS) is 12.8. The molecule has 2 aromatic rings. The summed E-state index contributed by atoms with van der Waals surface area (Å²) in [5.41, 5.74) is 1.22. The Hall–Kier alpha value is -2.63. The van der Waals surface area contributed by atoms with Crippen LogP contribution < -0.4 is 15.4 Å². The number of rotatable bonds is 2. The molecule has 20 heavy (non-hydrogen) atoms. The van der Waals surface area contributed by atoms with E-state index in [-0.39, 0.29) is 5.69 Å². The lowest BCUT2D eigenvalue weighted by atomic mass is 10.1. The average Bonchev–Trinajstić information content (AvgIpc) is 2.49. The summed E-state index contributed by atoms with van der Waals surface area (Å²) in [5.74, 6) is -0.508. The lowest BCUT2D eigenvalue weighted by molar-refractivity contribution is 0.102. The van der Waals surface area contributed by atoms with Crippen molar-refractivity contribution in [3.05, 3.63) is 48.0 Å². The number of para-hydroxylation sites is 1. The Labute approximate surface area is 114 Å². The van der Waals surface area contributed by atoms with Gasteiger partial charge in [-0.1, -0.05) is 6.07 Å². The maximum atomic E-state index is 13.5.